The van der Waals surface area contributed by atoms with Crippen LogP contribution in [-0.2, 0) is 0 Å². The van der Waals surface area contributed by atoms with Gasteiger partial charge in [-0.15, -0.1) is 0 Å². The molecule has 2 heterocycles. The molecule has 0 aliphatic heterocycles. The highest BCUT2D eigenvalue weighted by Crippen LogP contribution is 2.61. The van der Waals surface area contributed by atoms with Crippen LogP contribution in [-0.4, -0.2) is 21.3 Å². The van der Waals surface area contributed by atoms with Crippen molar-refractivity contribution in [2.24, 2.45) is 23.2 Å². The van der Waals surface area contributed by atoms with Crippen molar-refractivity contribution < 1.29 is 9.18 Å². The van der Waals surface area contributed by atoms with Gasteiger partial charge >= 0.3 is 0 Å². The molecule has 4 aromatic rings. The maximum atomic E-state index is 13.3. The van der Waals surface area contributed by atoms with Crippen LogP contribution in [0.5, 0.6) is 0 Å². The molecule has 4 fully saturated rings. The molecule has 1 N–H and O–H groups in total. The minimum absolute atomic E-state index is 0.0307. The Morgan fingerprint density at radius 3 is 2.44 bits per heavy atom. The smallest absolute Gasteiger partial charge is 0.251 e. The fourth-order valence-electron chi connectivity index (χ4n) is 7.54. The van der Waals surface area contributed by atoms with Crippen LogP contribution in [0.3, 0.4) is 0 Å². The molecule has 0 radical (unpaired) electrons. The van der Waals surface area contributed by atoms with Crippen molar-refractivity contribution >= 4 is 32.4 Å². The lowest BCUT2D eigenvalue weighted by Crippen LogP contribution is -2.55. The Balaban J connectivity index is 1.14. The second kappa shape index (κ2) is 7.38. The highest BCUT2D eigenvalue weighted by atomic mass is 32.1. The number of benzene rings is 2. The normalized spacial score (nSPS) is 28.6. The van der Waals surface area contributed by atoms with E-state index >= 15 is 0 Å². The number of rotatable bonds is 4. The number of halogens is 1. The molecule has 34 heavy (non-hydrogen) atoms. The zero-order valence-corrected chi connectivity index (χ0v) is 20.1. The number of carbonyl (C=O) groups excluding carboxylic acids is 1. The first-order valence-electron chi connectivity index (χ1n) is 12.4. The van der Waals surface area contributed by atoms with Gasteiger partial charge < -0.3 is 5.32 Å². The second-order valence-electron chi connectivity index (χ2n) is 11.0. The summed E-state index contributed by atoms with van der Waals surface area (Å²) >= 11 is 1.58. The highest BCUT2D eigenvalue weighted by Gasteiger charge is 2.53. The van der Waals surface area contributed by atoms with Crippen LogP contribution in [0.2, 0.25) is 0 Å². The van der Waals surface area contributed by atoms with Gasteiger partial charge in [0.15, 0.2) is 4.96 Å². The van der Waals surface area contributed by atoms with Crippen molar-refractivity contribution in [3.8, 4) is 11.3 Å². The summed E-state index contributed by atoms with van der Waals surface area (Å²) in [6, 6.07) is 12.5. The first-order valence-corrected chi connectivity index (χ1v) is 13.3. The number of imidazole rings is 1. The fourth-order valence-corrected chi connectivity index (χ4v) is 8.59. The molecule has 1 unspecified atom stereocenters. The third-order valence-corrected chi connectivity index (χ3v) is 9.87. The SMILES string of the molecule is CC(NC(=O)c1ccc2c(c1)sc1nc(-c3ccc(F)cc3)cn12)C12CC3CC(CC(C3)C1)C2. The third kappa shape index (κ3) is 3.22. The summed E-state index contributed by atoms with van der Waals surface area (Å²) in [6.07, 6.45) is 10.1. The van der Waals surface area contributed by atoms with E-state index in [4.69, 9.17) is 4.98 Å². The lowest BCUT2D eigenvalue weighted by Gasteiger charge is -2.59. The summed E-state index contributed by atoms with van der Waals surface area (Å²) in [4.78, 5) is 18.9. The van der Waals surface area contributed by atoms with Crippen molar-refractivity contribution in [3.63, 3.8) is 0 Å². The maximum Gasteiger partial charge on any atom is 0.251 e. The summed E-state index contributed by atoms with van der Waals surface area (Å²) in [6.45, 7) is 2.24. The molecule has 0 saturated heterocycles. The van der Waals surface area contributed by atoms with Gasteiger partial charge in [0.2, 0.25) is 0 Å². The van der Waals surface area contributed by atoms with E-state index in [-0.39, 0.29) is 17.8 Å². The van der Waals surface area contributed by atoms with E-state index in [0.717, 1.165) is 44.2 Å². The summed E-state index contributed by atoms with van der Waals surface area (Å²) in [7, 11) is 0. The number of carbonyl (C=O) groups is 1. The molecule has 4 aliphatic rings. The minimum atomic E-state index is -0.251. The third-order valence-electron chi connectivity index (χ3n) is 8.85. The standard InChI is InChI=1S/C28H28FN3OS/c1-16(28-12-17-8-18(13-28)10-19(9-17)14-28)30-26(33)21-4-7-24-25(11-21)34-27-31-23(15-32(24)27)20-2-5-22(29)6-3-20/h2-7,11,15-19H,8-10,12-14H2,1H3,(H,30,33). The molecule has 4 nitrogen and oxygen atoms in total. The lowest BCUT2D eigenvalue weighted by molar-refractivity contribution is -0.0688. The monoisotopic (exact) mass is 473 g/mol. The predicted octanol–water partition coefficient (Wildman–Crippen LogP) is 6.69. The molecule has 2 aromatic carbocycles. The summed E-state index contributed by atoms with van der Waals surface area (Å²) in [5.41, 5.74) is 3.76. The number of nitrogens with one attached hydrogen (secondary N) is 1. The molecule has 4 saturated carbocycles. The Labute approximate surface area is 202 Å². The highest BCUT2D eigenvalue weighted by molar-refractivity contribution is 7.23. The van der Waals surface area contributed by atoms with Crippen molar-refractivity contribution in [2.75, 3.05) is 0 Å². The van der Waals surface area contributed by atoms with Crippen molar-refractivity contribution in [1.82, 2.24) is 14.7 Å². The van der Waals surface area contributed by atoms with E-state index in [0.29, 0.717) is 11.0 Å². The average molecular weight is 474 g/mol. The van der Waals surface area contributed by atoms with E-state index in [2.05, 4.69) is 16.6 Å². The van der Waals surface area contributed by atoms with Gasteiger partial charge in [-0.05, 0) is 111 Å². The summed E-state index contributed by atoms with van der Waals surface area (Å²) in [5.74, 6) is 2.42. The molecule has 4 bridgehead atoms. The number of fused-ring (bicyclic) bond motifs is 3. The average Bonchev–Trinajstić information content (AvgIpc) is 3.36. The van der Waals surface area contributed by atoms with Crippen LogP contribution in [0.15, 0.2) is 48.7 Å². The zero-order valence-electron chi connectivity index (χ0n) is 19.3. The van der Waals surface area contributed by atoms with Crippen molar-refractivity contribution in [2.45, 2.75) is 51.5 Å². The molecule has 174 valence electrons. The fraction of sp³-hybridized carbons (Fsp3) is 0.429. The molecule has 1 atom stereocenters. The first kappa shape index (κ1) is 20.6. The number of hydrogen-bond donors (Lipinski definition) is 1. The largest absolute Gasteiger partial charge is 0.349 e. The topological polar surface area (TPSA) is 46.4 Å². The molecular weight excluding hydrogens is 445 g/mol. The van der Waals surface area contributed by atoms with E-state index in [1.807, 2.05) is 24.4 Å². The van der Waals surface area contributed by atoms with Gasteiger partial charge in [0.25, 0.3) is 5.91 Å². The molecule has 6 heteroatoms. The number of nitrogens with zero attached hydrogens (tertiary/aromatic N) is 2. The summed E-state index contributed by atoms with van der Waals surface area (Å²) < 4.78 is 16.4. The molecule has 8 rings (SSSR count). The van der Waals surface area contributed by atoms with Crippen LogP contribution >= 0.6 is 11.3 Å². The quantitative estimate of drug-likeness (QED) is 0.359. The van der Waals surface area contributed by atoms with Gasteiger partial charge in [-0.2, -0.15) is 0 Å². The number of aromatic nitrogens is 2. The van der Waals surface area contributed by atoms with Crippen LogP contribution in [0.25, 0.3) is 26.4 Å². The number of amides is 1. The van der Waals surface area contributed by atoms with Crippen molar-refractivity contribution in [3.05, 3.63) is 60.0 Å². The van der Waals surface area contributed by atoms with Gasteiger partial charge in [0, 0.05) is 23.4 Å². The van der Waals surface area contributed by atoms with E-state index in [1.165, 1.54) is 50.7 Å². The molecule has 4 aliphatic carbocycles. The second-order valence-corrected chi connectivity index (χ2v) is 12.1. The predicted molar refractivity (Wildman–Crippen MR) is 134 cm³/mol. The molecular formula is C28H28FN3OS. The van der Waals surface area contributed by atoms with Gasteiger partial charge in [0.05, 0.1) is 15.9 Å². The minimum Gasteiger partial charge on any atom is -0.349 e. The first-order chi connectivity index (χ1) is 16.5. The van der Waals surface area contributed by atoms with Gasteiger partial charge in [-0.1, -0.05) is 11.3 Å². The van der Waals surface area contributed by atoms with Crippen LogP contribution in [0.1, 0.15) is 55.8 Å². The van der Waals surface area contributed by atoms with Gasteiger partial charge in [-0.25, -0.2) is 9.37 Å². The zero-order chi connectivity index (χ0) is 23.0. The lowest BCUT2D eigenvalue weighted by atomic mass is 9.48. The Hall–Kier alpha value is -2.73. The molecule has 0 spiro atoms. The Morgan fingerprint density at radius 1 is 1.09 bits per heavy atom. The van der Waals surface area contributed by atoms with Gasteiger partial charge in [-0.3, -0.25) is 9.20 Å². The summed E-state index contributed by atoms with van der Waals surface area (Å²) in [5, 5.41) is 3.39. The van der Waals surface area contributed by atoms with Crippen LogP contribution in [0, 0.1) is 29.0 Å². The Kier molecular flexibility index (Phi) is 4.48. The van der Waals surface area contributed by atoms with Crippen LogP contribution in [0.4, 0.5) is 4.39 Å². The number of thiazole rings is 1. The van der Waals surface area contributed by atoms with Crippen molar-refractivity contribution in [1.29, 1.82) is 0 Å². The van der Waals surface area contributed by atoms with Crippen LogP contribution < -0.4 is 5.32 Å². The van der Waals surface area contributed by atoms with Gasteiger partial charge in [0.1, 0.15) is 5.82 Å². The molecule has 1 amide bonds. The van der Waals surface area contributed by atoms with E-state index in [9.17, 15) is 9.18 Å². The number of hydrogen-bond acceptors (Lipinski definition) is 3. The van der Waals surface area contributed by atoms with E-state index in [1.54, 1.807) is 23.5 Å². The Bertz CT molecular complexity index is 1380. The van der Waals surface area contributed by atoms with E-state index < -0.39 is 0 Å². The maximum absolute atomic E-state index is 13.3. The Morgan fingerprint density at radius 2 is 1.76 bits per heavy atom. The molecule has 2 aromatic heterocycles.